The molecule has 0 aliphatic rings. The summed E-state index contributed by atoms with van der Waals surface area (Å²) in [4.78, 5) is 0. The van der Waals surface area contributed by atoms with E-state index in [1.165, 1.54) is 0 Å². The molecule has 0 amide bonds. The van der Waals surface area contributed by atoms with Crippen LogP contribution in [0.4, 0.5) is 0 Å². The first-order valence-corrected chi connectivity index (χ1v) is 7.84. The molecule has 5 nitrogen and oxygen atoms in total. The second-order valence-corrected chi connectivity index (χ2v) is 6.40. The van der Waals surface area contributed by atoms with Crippen molar-refractivity contribution >= 4 is 7.60 Å². The van der Waals surface area contributed by atoms with Crippen LogP contribution in [0.2, 0.25) is 0 Å². The van der Waals surface area contributed by atoms with E-state index < -0.39 is 7.60 Å². The Bertz CT molecular complexity index is 285. The lowest BCUT2D eigenvalue weighted by molar-refractivity contribution is 0.103. The van der Waals surface area contributed by atoms with Crippen molar-refractivity contribution in [2.24, 2.45) is 0 Å². The molecule has 0 fully saturated rings. The van der Waals surface area contributed by atoms with Crippen molar-refractivity contribution < 1.29 is 23.5 Å². The third-order valence-corrected chi connectivity index (χ3v) is 3.88. The number of allylic oxidation sites excluding steroid dienone is 1. The standard InChI is InChI=1S/C12H25O5P/c1-6-12(7-13)8-15-9-18(14,16-10(2)3)17-11(4)5/h6,10-11,13H,7-9H2,1-5H3/b12-6+. The minimum absolute atomic E-state index is 0.0725. The Balaban J connectivity index is 4.38. The maximum absolute atomic E-state index is 12.3. The molecule has 0 radical (unpaired) electrons. The van der Waals surface area contributed by atoms with Crippen LogP contribution in [0.1, 0.15) is 34.6 Å². The number of ether oxygens (including phenoxy) is 1. The number of rotatable bonds is 9. The molecule has 0 aliphatic carbocycles. The summed E-state index contributed by atoms with van der Waals surface area (Å²) in [5.41, 5.74) is 0.732. The van der Waals surface area contributed by atoms with Crippen LogP contribution < -0.4 is 0 Å². The van der Waals surface area contributed by atoms with Crippen LogP contribution in [0.3, 0.4) is 0 Å². The third kappa shape index (κ3) is 8.01. The van der Waals surface area contributed by atoms with Gasteiger partial charge in [0, 0.05) is 0 Å². The summed E-state index contributed by atoms with van der Waals surface area (Å²) in [6.07, 6.45) is 1.26. The molecule has 18 heavy (non-hydrogen) atoms. The van der Waals surface area contributed by atoms with Crippen LogP contribution in [-0.2, 0) is 18.3 Å². The number of aliphatic hydroxyl groups excluding tert-OH is 1. The largest absolute Gasteiger partial charge is 0.392 e. The van der Waals surface area contributed by atoms with E-state index in [2.05, 4.69) is 0 Å². The maximum Gasteiger partial charge on any atom is 0.356 e. The van der Waals surface area contributed by atoms with Gasteiger partial charge in [0.05, 0.1) is 25.4 Å². The van der Waals surface area contributed by atoms with Crippen molar-refractivity contribution in [2.45, 2.75) is 46.8 Å². The second-order valence-electron chi connectivity index (χ2n) is 4.50. The van der Waals surface area contributed by atoms with Gasteiger partial charge in [0.25, 0.3) is 0 Å². The van der Waals surface area contributed by atoms with E-state index in [9.17, 15) is 4.57 Å². The lowest BCUT2D eigenvalue weighted by Crippen LogP contribution is -2.13. The molecule has 0 unspecified atom stereocenters. The molecule has 1 N–H and O–H groups in total. The van der Waals surface area contributed by atoms with E-state index in [1.807, 2.05) is 6.92 Å². The molecular weight excluding hydrogens is 255 g/mol. The van der Waals surface area contributed by atoms with Gasteiger partial charge in [-0.05, 0) is 40.2 Å². The average Bonchev–Trinajstić information content (AvgIpc) is 2.22. The maximum atomic E-state index is 12.3. The van der Waals surface area contributed by atoms with Crippen molar-refractivity contribution in [2.75, 3.05) is 19.6 Å². The molecule has 6 heteroatoms. The van der Waals surface area contributed by atoms with Crippen molar-refractivity contribution in [1.82, 2.24) is 0 Å². The predicted molar refractivity (Wildman–Crippen MR) is 71.7 cm³/mol. The summed E-state index contributed by atoms with van der Waals surface area (Å²) in [5, 5.41) is 8.97. The quantitative estimate of drug-likeness (QED) is 0.519. The molecule has 0 aromatic heterocycles. The molecular formula is C12H25O5P. The molecule has 0 aliphatic heterocycles. The molecule has 0 spiro atoms. The first-order valence-electron chi connectivity index (χ1n) is 6.11. The van der Waals surface area contributed by atoms with Crippen LogP contribution >= 0.6 is 7.60 Å². The Kier molecular flexibility index (Phi) is 8.74. The van der Waals surface area contributed by atoms with Gasteiger partial charge in [0.1, 0.15) is 6.35 Å². The van der Waals surface area contributed by atoms with Gasteiger partial charge in [-0.1, -0.05) is 6.08 Å². The third-order valence-electron chi connectivity index (χ3n) is 1.89. The minimum atomic E-state index is -3.24. The van der Waals surface area contributed by atoms with Crippen molar-refractivity contribution in [3.63, 3.8) is 0 Å². The molecule has 0 rings (SSSR count). The Morgan fingerprint density at radius 1 is 1.22 bits per heavy atom. The fourth-order valence-electron chi connectivity index (χ4n) is 1.24. The lowest BCUT2D eigenvalue weighted by atomic mass is 10.3. The number of hydrogen-bond acceptors (Lipinski definition) is 5. The van der Waals surface area contributed by atoms with Crippen LogP contribution in [-0.4, -0.2) is 36.9 Å². The zero-order chi connectivity index (χ0) is 14.2. The number of aliphatic hydroxyl groups is 1. The zero-order valence-corrected chi connectivity index (χ0v) is 12.8. The van der Waals surface area contributed by atoms with E-state index >= 15 is 0 Å². The fraction of sp³-hybridized carbons (Fsp3) is 0.833. The molecule has 0 atom stereocenters. The topological polar surface area (TPSA) is 65.0 Å². The van der Waals surface area contributed by atoms with Gasteiger partial charge >= 0.3 is 7.60 Å². The molecule has 0 aromatic carbocycles. The molecule has 0 saturated carbocycles. The molecule has 0 bridgehead atoms. The predicted octanol–water partition coefficient (Wildman–Crippen LogP) is 2.94. The van der Waals surface area contributed by atoms with Gasteiger partial charge in [-0.2, -0.15) is 0 Å². The lowest BCUT2D eigenvalue weighted by Gasteiger charge is -2.22. The highest BCUT2D eigenvalue weighted by molar-refractivity contribution is 7.53. The first-order chi connectivity index (χ1) is 8.33. The zero-order valence-electron chi connectivity index (χ0n) is 11.9. The summed E-state index contributed by atoms with van der Waals surface area (Å²) >= 11 is 0. The highest BCUT2D eigenvalue weighted by atomic mass is 31.2. The van der Waals surface area contributed by atoms with E-state index in [0.717, 1.165) is 5.57 Å². The van der Waals surface area contributed by atoms with Gasteiger partial charge in [-0.25, -0.2) is 0 Å². The van der Waals surface area contributed by atoms with Crippen molar-refractivity contribution in [1.29, 1.82) is 0 Å². The van der Waals surface area contributed by atoms with Gasteiger partial charge in [0.15, 0.2) is 0 Å². The first kappa shape index (κ1) is 17.8. The Hall–Kier alpha value is -0.190. The Labute approximate surface area is 110 Å². The summed E-state index contributed by atoms with van der Waals surface area (Å²) in [6, 6.07) is 0. The van der Waals surface area contributed by atoms with Crippen LogP contribution in [0.25, 0.3) is 0 Å². The van der Waals surface area contributed by atoms with Crippen LogP contribution in [0, 0.1) is 0 Å². The Morgan fingerprint density at radius 3 is 2.06 bits per heavy atom. The van der Waals surface area contributed by atoms with Gasteiger partial charge in [-0.3, -0.25) is 4.57 Å². The Morgan fingerprint density at radius 2 is 1.72 bits per heavy atom. The van der Waals surface area contributed by atoms with E-state index in [1.54, 1.807) is 33.8 Å². The van der Waals surface area contributed by atoms with Crippen LogP contribution in [0.5, 0.6) is 0 Å². The monoisotopic (exact) mass is 280 g/mol. The summed E-state index contributed by atoms with van der Waals surface area (Å²) in [7, 11) is -3.24. The summed E-state index contributed by atoms with van der Waals surface area (Å²) in [5.74, 6) is 0. The SMILES string of the molecule is C/C=C(\CO)COCP(=O)(OC(C)C)OC(C)C. The normalized spacial score (nSPS) is 13.7. The van der Waals surface area contributed by atoms with E-state index in [-0.39, 0.29) is 31.8 Å². The van der Waals surface area contributed by atoms with Gasteiger partial charge in [0.2, 0.25) is 0 Å². The highest BCUT2D eigenvalue weighted by Gasteiger charge is 2.28. The van der Waals surface area contributed by atoms with Crippen molar-refractivity contribution in [3.8, 4) is 0 Å². The molecule has 0 saturated heterocycles. The smallest absolute Gasteiger partial charge is 0.356 e. The molecule has 108 valence electrons. The molecule has 0 heterocycles. The number of hydrogen-bond donors (Lipinski definition) is 1. The summed E-state index contributed by atoms with van der Waals surface area (Å²) < 4.78 is 28.3. The van der Waals surface area contributed by atoms with Gasteiger partial charge in [-0.15, -0.1) is 0 Å². The van der Waals surface area contributed by atoms with E-state index in [4.69, 9.17) is 18.9 Å². The molecule has 0 aromatic rings. The highest BCUT2D eigenvalue weighted by Crippen LogP contribution is 2.50. The van der Waals surface area contributed by atoms with Gasteiger partial charge < -0.3 is 18.9 Å². The van der Waals surface area contributed by atoms with Crippen LogP contribution in [0.15, 0.2) is 11.6 Å². The minimum Gasteiger partial charge on any atom is -0.392 e. The second kappa shape index (κ2) is 8.83. The average molecular weight is 280 g/mol. The fourth-order valence-corrected chi connectivity index (χ4v) is 3.01. The van der Waals surface area contributed by atoms with E-state index in [0.29, 0.717) is 0 Å². The van der Waals surface area contributed by atoms with Crippen molar-refractivity contribution in [3.05, 3.63) is 11.6 Å². The summed E-state index contributed by atoms with van der Waals surface area (Å²) in [6.45, 7) is 9.13.